The number of aryl methyl sites for hydroxylation is 3. The molecule has 3 aromatic rings. The van der Waals surface area contributed by atoms with Gasteiger partial charge >= 0.3 is 0 Å². The topological polar surface area (TPSA) is 68.3 Å². The minimum absolute atomic E-state index is 0.0112. The molecule has 7 heteroatoms. The van der Waals surface area contributed by atoms with Crippen molar-refractivity contribution in [1.82, 2.24) is 29.3 Å². The number of rotatable bonds is 3. The van der Waals surface area contributed by atoms with Gasteiger partial charge in [-0.2, -0.15) is 10.2 Å². The smallest absolute Gasteiger partial charge is 0.259 e. The Morgan fingerprint density at radius 2 is 2.12 bits per heavy atom. The summed E-state index contributed by atoms with van der Waals surface area (Å²) in [4.78, 5) is 19.6. The maximum Gasteiger partial charge on any atom is 0.259 e. The van der Waals surface area contributed by atoms with Crippen molar-refractivity contribution in [3.05, 3.63) is 47.2 Å². The molecule has 0 aromatic carbocycles. The molecule has 0 saturated carbocycles. The van der Waals surface area contributed by atoms with E-state index in [-0.39, 0.29) is 11.9 Å². The number of likely N-dealkylation sites (tertiary alicyclic amines) is 1. The second kappa shape index (κ2) is 5.98. The number of carbonyl (C=O) groups is 1. The molecule has 4 heterocycles. The first-order valence-electron chi connectivity index (χ1n) is 8.66. The predicted molar refractivity (Wildman–Crippen MR) is 93.5 cm³/mol. The van der Waals surface area contributed by atoms with E-state index >= 15 is 0 Å². The summed E-state index contributed by atoms with van der Waals surface area (Å²) >= 11 is 0. The van der Waals surface area contributed by atoms with Crippen LogP contribution in [0.3, 0.4) is 0 Å². The summed E-state index contributed by atoms with van der Waals surface area (Å²) in [5.74, 6) is 0.0112. The third-order valence-electron chi connectivity index (χ3n) is 4.86. The molecular weight excluding hydrogens is 316 g/mol. The molecule has 0 radical (unpaired) electrons. The SMILES string of the molecule is Cc1ccn2ncc(C(=O)N3CCC[C@H]3Cn3nc(C)cc3C)c2n1. The molecule has 0 unspecified atom stereocenters. The summed E-state index contributed by atoms with van der Waals surface area (Å²) in [6.45, 7) is 7.47. The van der Waals surface area contributed by atoms with Crippen molar-refractivity contribution in [3.8, 4) is 0 Å². The molecule has 0 bridgehead atoms. The highest BCUT2D eigenvalue weighted by Gasteiger charge is 2.32. The van der Waals surface area contributed by atoms with Crippen LogP contribution in [0.5, 0.6) is 0 Å². The lowest BCUT2D eigenvalue weighted by molar-refractivity contribution is 0.0723. The number of hydrogen-bond acceptors (Lipinski definition) is 4. The van der Waals surface area contributed by atoms with Crippen LogP contribution in [0.15, 0.2) is 24.5 Å². The number of amides is 1. The van der Waals surface area contributed by atoms with E-state index in [0.717, 1.165) is 43.0 Å². The number of fused-ring (bicyclic) bond motifs is 1. The predicted octanol–water partition coefficient (Wildman–Crippen LogP) is 2.16. The molecule has 0 spiro atoms. The van der Waals surface area contributed by atoms with Crippen molar-refractivity contribution in [2.24, 2.45) is 0 Å². The summed E-state index contributed by atoms with van der Waals surface area (Å²) in [5, 5.41) is 8.81. The van der Waals surface area contributed by atoms with Crippen LogP contribution in [0.2, 0.25) is 0 Å². The molecule has 3 aromatic heterocycles. The first-order chi connectivity index (χ1) is 12.0. The molecule has 1 aliphatic heterocycles. The summed E-state index contributed by atoms with van der Waals surface area (Å²) in [6, 6.07) is 4.11. The summed E-state index contributed by atoms with van der Waals surface area (Å²) in [6.07, 6.45) is 5.48. The Labute approximate surface area is 146 Å². The Morgan fingerprint density at radius 3 is 2.88 bits per heavy atom. The Hall–Kier alpha value is -2.70. The van der Waals surface area contributed by atoms with Crippen molar-refractivity contribution >= 4 is 11.6 Å². The first-order valence-corrected chi connectivity index (χ1v) is 8.66. The van der Waals surface area contributed by atoms with Crippen LogP contribution < -0.4 is 0 Å². The van der Waals surface area contributed by atoms with Gasteiger partial charge in [0.05, 0.1) is 24.5 Å². The van der Waals surface area contributed by atoms with Crippen LogP contribution in [0, 0.1) is 20.8 Å². The maximum absolute atomic E-state index is 13.1. The van der Waals surface area contributed by atoms with E-state index in [4.69, 9.17) is 0 Å². The zero-order valence-electron chi connectivity index (χ0n) is 14.8. The molecule has 1 saturated heterocycles. The summed E-state index contributed by atoms with van der Waals surface area (Å²) < 4.78 is 3.66. The molecule has 1 atom stereocenters. The van der Waals surface area contributed by atoms with Crippen LogP contribution in [-0.4, -0.2) is 47.8 Å². The van der Waals surface area contributed by atoms with Crippen molar-refractivity contribution in [1.29, 1.82) is 0 Å². The summed E-state index contributed by atoms with van der Waals surface area (Å²) in [7, 11) is 0. The lowest BCUT2D eigenvalue weighted by Crippen LogP contribution is -2.38. The molecule has 4 rings (SSSR count). The van der Waals surface area contributed by atoms with Crippen LogP contribution in [-0.2, 0) is 6.54 Å². The van der Waals surface area contributed by atoms with E-state index in [1.165, 1.54) is 0 Å². The number of aromatic nitrogens is 5. The van der Waals surface area contributed by atoms with E-state index < -0.39 is 0 Å². The van der Waals surface area contributed by atoms with Gasteiger partial charge in [-0.25, -0.2) is 9.50 Å². The number of hydrogen-bond donors (Lipinski definition) is 0. The molecule has 130 valence electrons. The highest BCUT2D eigenvalue weighted by molar-refractivity contribution is 5.99. The van der Waals surface area contributed by atoms with Gasteiger partial charge in [0, 0.05) is 24.1 Å². The van der Waals surface area contributed by atoms with E-state index in [1.54, 1.807) is 10.7 Å². The minimum Gasteiger partial charge on any atom is -0.334 e. The van der Waals surface area contributed by atoms with Gasteiger partial charge in [0.2, 0.25) is 0 Å². The van der Waals surface area contributed by atoms with E-state index in [1.807, 2.05) is 35.7 Å². The minimum atomic E-state index is 0.0112. The van der Waals surface area contributed by atoms with Crippen LogP contribution >= 0.6 is 0 Å². The molecule has 7 nitrogen and oxygen atoms in total. The fourth-order valence-electron chi connectivity index (χ4n) is 3.62. The monoisotopic (exact) mass is 338 g/mol. The molecule has 25 heavy (non-hydrogen) atoms. The second-order valence-corrected chi connectivity index (χ2v) is 6.80. The highest BCUT2D eigenvalue weighted by atomic mass is 16.2. The molecule has 0 N–H and O–H groups in total. The Morgan fingerprint density at radius 1 is 1.28 bits per heavy atom. The fraction of sp³-hybridized carbons (Fsp3) is 0.444. The summed E-state index contributed by atoms with van der Waals surface area (Å²) in [5.41, 5.74) is 4.22. The number of nitrogens with zero attached hydrogens (tertiary/aromatic N) is 6. The van der Waals surface area contributed by atoms with Crippen molar-refractivity contribution in [3.63, 3.8) is 0 Å². The standard InChI is InChI=1S/C18H22N6O/c1-12-6-8-23-17(20-12)16(10-19-23)18(25)22-7-4-5-15(22)11-24-14(3)9-13(2)21-24/h6,8-10,15H,4-5,7,11H2,1-3H3/t15-/m0/s1. The molecule has 1 aliphatic rings. The zero-order chi connectivity index (χ0) is 17.6. The Bertz CT molecular complexity index is 940. The van der Waals surface area contributed by atoms with Crippen LogP contribution in [0.25, 0.3) is 5.65 Å². The van der Waals surface area contributed by atoms with Crippen LogP contribution in [0.1, 0.15) is 40.3 Å². The van der Waals surface area contributed by atoms with E-state index in [0.29, 0.717) is 11.2 Å². The number of carbonyl (C=O) groups excluding carboxylic acids is 1. The lowest BCUT2D eigenvalue weighted by Gasteiger charge is -2.24. The molecule has 1 amide bonds. The van der Waals surface area contributed by atoms with E-state index in [2.05, 4.69) is 28.2 Å². The van der Waals surface area contributed by atoms with Gasteiger partial charge in [0.1, 0.15) is 5.56 Å². The molecule has 1 fully saturated rings. The van der Waals surface area contributed by atoms with Gasteiger partial charge in [-0.15, -0.1) is 0 Å². The van der Waals surface area contributed by atoms with Gasteiger partial charge in [0.25, 0.3) is 5.91 Å². The average molecular weight is 338 g/mol. The van der Waals surface area contributed by atoms with Gasteiger partial charge in [0.15, 0.2) is 5.65 Å². The van der Waals surface area contributed by atoms with Crippen molar-refractivity contribution in [2.45, 2.75) is 46.2 Å². The third kappa shape index (κ3) is 2.79. The van der Waals surface area contributed by atoms with Crippen molar-refractivity contribution in [2.75, 3.05) is 6.54 Å². The molecular formula is C18H22N6O. The molecule has 0 aliphatic carbocycles. The van der Waals surface area contributed by atoms with Gasteiger partial charge < -0.3 is 4.90 Å². The second-order valence-electron chi connectivity index (χ2n) is 6.80. The Balaban J connectivity index is 1.62. The Kier molecular flexibility index (Phi) is 3.78. The average Bonchev–Trinajstić information content (AvgIpc) is 3.26. The first kappa shape index (κ1) is 15.8. The third-order valence-corrected chi connectivity index (χ3v) is 4.86. The van der Waals surface area contributed by atoms with Gasteiger partial charge in [-0.1, -0.05) is 0 Å². The quantitative estimate of drug-likeness (QED) is 0.734. The van der Waals surface area contributed by atoms with E-state index in [9.17, 15) is 4.79 Å². The van der Waals surface area contributed by atoms with Gasteiger partial charge in [-0.05, 0) is 45.7 Å². The van der Waals surface area contributed by atoms with Gasteiger partial charge in [-0.3, -0.25) is 9.48 Å². The zero-order valence-corrected chi connectivity index (χ0v) is 14.8. The normalized spacial score (nSPS) is 17.6. The van der Waals surface area contributed by atoms with Crippen LogP contribution in [0.4, 0.5) is 0 Å². The lowest BCUT2D eigenvalue weighted by atomic mass is 10.2. The largest absolute Gasteiger partial charge is 0.334 e. The fourth-order valence-corrected chi connectivity index (χ4v) is 3.62. The van der Waals surface area contributed by atoms with Crippen molar-refractivity contribution < 1.29 is 4.79 Å². The maximum atomic E-state index is 13.1. The highest BCUT2D eigenvalue weighted by Crippen LogP contribution is 2.23.